The van der Waals surface area contributed by atoms with Crippen molar-refractivity contribution in [3.63, 3.8) is 0 Å². The molecule has 0 saturated carbocycles. The predicted octanol–water partition coefficient (Wildman–Crippen LogP) is 5.58. The zero-order chi connectivity index (χ0) is 17.9. The van der Waals surface area contributed by atoms with Gasteiger partial charge in [0.2, 0.25) is 5.71 Å². The third-order valence-electron chi connectivity index (χ3n) is 2.64. The lowest BCUT2D eigenvalue weighted by molar-refractivity contribution is 0.567. The molecule has 0 N–H and O–H groups in total. The lowest BCUT2D eigenvalue weighted by Crippen LogP contribution is -1.72. The Morgan fingerprint density at radius 3 is 2.08 bits per heavy atom. The van der Waals surface area contributed by atoms with E-state index in [9.17, 15) is 0 Å². The van der Waals surface area contributed by atoms with Crippen molar-refractivity contribution in [3.8, 4) is 0 Å². The molecule has 6 heteroatoms. The summed E-state index contributed by atoms with van der Waals surface area (Å²) in [5.74, 6) is 0.871. The van der Waals surface area contributed by atoms with E-state index in [0.717, 1.165) is 21.4 Å². The van der Waals surface area contributed by atoms with Crippen LogP contribution in [-0.4, -0.2) is 19.9 Å². The van der Waals surface area contributed by atoms with Crippen molar-refractivity contribution < 1.29 is 4.42 Å². The van der Waals surface area contributed by atoms with E-state index >= 15 is 0 Å². The second-order valence-corrected chi connectivity index (χ2v) is 5.52. The summed E-state index contributed by atoms with van der Waals surface area (Å²) in [6.07, 6.45) is 6.63. The highest BCUT2D eigenvalue weighted by Crippen LogP contribution is 2.20. The van der Waals surface area contributed by atoms with Crippen molar-refractivity contribution in [1.29, 1.82) is 0 Å². The van der Waals surface area contributed by atoms with Crippen molar-refractivity contribution in [1.82, 2.24) is 19.9 Å². The van der Waals surface area contributed by atoms with Gasteiger partial charge in [0.15, 0.2) is 0 Å². The molecule has 0 aromatic carbocycles. The van der Waals surface area contributed by atoms with E-state index in [1.807, 2.05) is 46.9 Å². The Kier molecular flexibility index (Phi) is 8.57. The van der Waals surface area contributed by atoms with E-state index in [1.165, 1.54) is 11.2 Å². The molecule has 0 unspecified atom stereocenters. The fraction of sp³-hybridized carbons (Fsp3) is 0.333. The quantitative estimate of drug-likeness (QED) is 0.416. The average molecular weight is 344 g/mol. The summed E-state index contributed by atoms with van der Waals surface area (Å²) in [6, 6.07) is 4.01. The van der Waals surface area contributed by atoms with Gasteiger partial charge in [-0.15, -0.1) is 11.3 Å². The normalized spacial score (nSPS) is 9.25. The Labute approximate surface area is 146 Å². The Balaban J connectivity index is 0.000000199. The maximum Gasteiger partial charge on any atom is 0.229 e. The highest BCUT2D eigenvalue weighted by atomic mass is 32.1. The first-order chi connectivity index (χ1) is 11.7. The summed E-state index contributed by atoms with van der Waals surface area (Å²) >= 11 is 1.70. The van der Waals surface area contributed by atoms with E-state index in [-0.39, 0.29) is 0 Å². The first-order valence-corrected chi connectivity index (χ1v) is 8.86. The molecule has 4 heterocycles. The molecule has 0 radical (unpaired) electrons. The third-order valence-corrected chi connectivity index (χ3v) is 3.61. The van der Waals surface area contributed by atoms with Gasteiger partial charge in [-0.3, -0.25) is 0 Å². The number of thiophene rings is 1. The Bertz CT molecular complexity index is 716. The molecule has 0 aliphatic carbocycles. The Morgan fingerprint density at radius 2 is 1.46 bits per heavy atom. The fourth-order valence-corrected chi connectivity index (χ4v) is 2.65. The van der Waals surface area contributed by atoms with Crippen LogP contribution in [0.2, 0.25) is 0 Å². The molecule has 0 bridgehead atoms. The summed E-state index contributed by atoms with van der Waals surface area (Å²) in [5, 5.41) is 2.10. The molecule has 24 heavy (non-hydrogen) atoms. The molecule has 5 nitrogen and oxygen atoms in total. The van der Waals surface area contributed by atoms with Gasteiger partial charge in [0.05, 0.1) is 5.39 Å². The lowest BCUT2D eigenvalue weighted by atomic mass is 10.4. The van der Waals surface area contributed by atoms with Gasteiger partial charge in [0, 0.05) is 22.7 Å². The number of hydrogen-bond acceptors (Lipinski definition) is 6. The second-order valence-electron chi connectivity index (χ2n) is 4.28. The molecular formula is C18H24N4OS. The van der Waals surface area contributed by atoms with Gasteiger partial charge >= 0.3 is 0 Å². The first kappa shape index (κ1) is 19.7. The van der Waals surface area contributed by atoms with Crippen LogP contribution in [-0.2, 0) is 0 Å². The van der Waals surface area contributed by atoms with Crippen molar-refractivity contribution in [3.05, 3.63) is 47.8 Å². The largest absolute Gasteiger partial charge is 0.443 e. The van der Waals surface area contributed by atoms with E-state index in [1.54, 1.807) is 23.9 Å². The SMILES string of the molecule is CC.CC.Cc1cc2cncnc2o1.Cc1cc2cncnc2s1. The molecule has 128 valence electrons. The van der Waals surface area contributed by atoms with E-state index in [0.29, 0.717) is 5.71 Å². The molecule has 0 spiro atoms. The number of aromatic nitrogens is 4. The molecule has 0 amide bonds. The Morgan fingerprint density at radius 1 is 0.833 bits per heavy atom. The Hall–Kier alpha value is -2.34. The number of hydrogen-bond donors (Lipinski definition) is 0. The monoisotopic (exact) mass is 344 g/mol. The summed E-state index contributed by atoms with van der Waals surface area (Å²) in [5.41, 5.74) is 0.660. The van der Waals surface area contributed by atoms with Crippen molar-refractivity contribution in [2.24, 2.45) is 0 Å². The molecular weight excluding hydrogens is 320 g/mol. The van der Waals surface area contributed by atoms with E-state index in [4.69, 9.17) is 4.42 Å². The van der Waals surface area contributed by atoms with Crippen molar-refractivity contribution >= 4 is 32.7 Å². The first-order valence-electron chi connectivity index (χ1n) is 8.04. The molecule has 0 atom stereocenters. The summed E-state index contributed by atoms with van der Waals surface area (Å²) in [7, 11) is 0. The zero-order valence-electron chi connectivity index (χ0n) is 15.1. The number of aryl methyl sites for hydroxylation is 2. The molecule has 4 aromatic rings. The summed E-state index contributed by atoms with van der Waals surface area (Å²) in [6.45, 7) is 12.0. The minimum absolute atomic E-state index is 0.660. The number of rotatable bonds is 0. The van der Waals surface area contributed by atoms with Gasteiger partial charge in [-0.05, 0) is 26.0 Å². The van der Waals surface area contributed by atoms with Crippen LogP contribution in [0.1, 0.15) is 38.3 Å². The van der Waals surface area contributed by atoms with Crippen molar-refractivity contribution in [2.75, 3.05) is 0 Å². The van der Waals surface area contributed by atoms with Gasteiger partial charge in [-0.1, -0.05) is 27.7 Å². The van der Waals surface area contributed by atoms with Crippen LogP contribution in [0.5, 0.6) is 0 Å². The van der Waals surface area contributed by atoms with Crippen molar-refractivity contribution in [2.45, 2.75) is 41.5 Å². The molecule has 4 rings (SSSR count). The van der Waals surface area contributed by atoms with Crippen LogP contribution in [0.3, 0.4) is 0 Å². The van der Waals surface area contributed by atoms with Crippen LogP contribution in [0, 0.1) is 13.8 Å². The standard InChI is InChI=1S/C7H6N2O.C7H6N2S.2C2H6/c2*1-5-2-6-3-8-4-9-7(6)10-5;2*1-2/h2*2-4H,1H3;2*1-2H3. The van der Waals surface area contributed by atoms with Gasteiger partial charge in [-0.25, -0.2) is 19.9 Å². The predicted molar refractivity (Wildman–Crippen MR) is 101 cm³/mol. The maximum absolute atomic E-state index is 5.22. The highest BCUT2D eigenvalue weighted by Gasteiger charge is 1.98. The number of nitrogens with zero attached hydrogens (tertiary/aromatic N) is 4. The van der Waals surface area contributed by atoms with Crippen LogP contribution in [0.25, 0.3) is 21.3 Å². The molecule has 0 aliphatic heterocycles. The van der Waals surface area contributed by atoms with Crippen LogP contribution in [0.4, 0.5) is 0 Å². The fourth-order valence-electron chi connectivity index (χ4n) is 1.83. The smallest absolute Gasteiger partial charge is 0.229 e. The minimum atomic E-state index is 0.660. The van der Waals surface area contributed by atoms with E-state index < -0.39 is 0 Å². The summed E-state index contributed by atoms with van der Waals surface area (Å²) in [4.78, 5) is 18.2. The second kappa shape index (κ2) is 10.4. The van der Waals surface area contributed by atoms with Gasteiger partial charge in [0.25, 0.3) is 0 Å². The average Bonchev–Trinajstić information content (AvgIpc) is 3.19. The van der Waals surface area contributed by atoms with E-state index in [2.05, 4.69) is 32.9 Å². The topological polar surface area (TPSA) is 64.7 Å². The summed E-state index contributed by atoms with van der Waals surface area (Å²) < 4.78 is 5.22. The maximum atomic E-state index is 5.22. The minimum Gasteiger partial charge on any atom is -0.443 e. The molecule has 0 aliphatic rings. The van der Waals surface area contributed by atoms with Gasteiger partial charge in [0.1, 0.15) is 23.2 Å². The highest BCUT2D eigenvalue weighted by molar-refractivity contribution is 7.18. The number of fused-ring (bicyclic) bond motifs is 2. The van der Waals surface area contributed by atoms with Gasteiger partial charge < -0.3 is 4.42 Å². The van der Waals surface area contributed by atoms with Crippen LogP contribution < -0.4 is 0 Å². The number of furan rings is 1. The molecule has 0 fully saturated rings. The third kappa shape index (κ3) is 5.38. The lowest BCUT2D eigenvalue weighted by Gasteiger charge is -1.81. The van der Waals surface area contributed by atoms with Crippen LogP contribution in [0.15, 0.2) is 41.6 Å². The van der Waals surface area contributed by atoms with Crippen LogP contribution >= 0.6 is 11.3 Å². The van der Waals surface area contributed by atoms with Gasteiger partial charge in [-0.2, -0.15) is 0 Å². The zero-order valence-corrected chi connectivity index (χ0v) is 15.9. The molecule has 0 saturated heterocycles. The molecule has 4 aromatic heterocycles.